The summed E-state index contributed by atoms with van der Waals surface area (Å²) >= 11 is 5.44. The van der Waals surface area contributed by atoms with Crippen LogP contribution in [0.4, 0.5) is 0 Å². The smallest absolute Gasteiger partial charge is 0.178 e. The predicted molar refractivity (Wildman–Crippen MR) is 61.4 cm³/mol. The van der Waals surface area contributed by atoms with Gasteiger partial charge in [-0.25, -0.2) is 0 Å². The van der Waals surface area contributed by atoms with E-state index in [1.807, 2.05) is 12.1 Å². The van der Waals surface area contributed by atoms with Crippen molar-refractivity contribution in [2.45, 2.75) is 6.42 Å². The molecule has 0 aliphatic rings. The van der Waals surface area contributed by atoms with Crippen molar-refractivity contribution in [3.8, 4) is 6.07 Å². The van der Waals surface area contributed by atoms with Crippen LogP contribution < -0.4 is 0 Å². The highest BCUT2D eigenvalue weighted by molar-refractivity contribution is 14.1. The minimum Gasteiger partial charge on any atom is -0.293 e. The Hall–Kier alpha value is -0.410. The van der Waals surface area contributed by atoms with Crippen LogP contribution in [-0.2, 0) is 0 Å². The SMILES string of the molecule is N#CCC(=O)c1cccc(I)c1Br. The molecule has 0 amide bonds. The maximum Gasteiger partial charge on any atom is 0.178 e. The van der Waals surface area contributed by atoms with Crippen LogP contribution in [0.25, 0.3) is 0 Å². The van der Waals surface area contributed by atoms with Gasteiger partial charge in [0, 0.05) is 13.6 Å². The third-order valence-corrected chi connectivity index (χ3v) is 3.99. The minimum atomic E-state index is -0.145. The normalized spacial score (nSPS) is 9.31. The average Bonchev–Trinajstić information content (AvgIpc) is 2.10. The Kier molecular flexibility index (Phi) is 3.88. The number of benzene rings is 1. The van der Waals surface area contributed by atoms with Crippen molar-refractivity contribution in [1.82, 2.24) is 0 Å². The molecular formula is C9H5BrINO. The van der Waals surface area contributed by atoms with E-state index in [2.05, 4.69) is 38.5 Å². The summed E-state index contributed by atoms with van der Waals surface area (Å²) in [5.41, 5.74) is 0.577. The zero-order valence-corrected chi connectivity index (χ0v) is 10.3. The number of carbonyl (C=O) groups is 1. The lowest BCUT2D eigenvalue weighted by Gasteiger charge is -2.01. The number of nitrogens with zero attached hydrogens (tertiary/aromatic N) is 1. The average molecular weight is 350 g/mol. The van der Waals surface area contributed by atoms with Crippen molar-refractivity contribution in [2.75, 3.05) is 0 Å². The van der Waals surface area contributed by atoms with Gasteiger partial charge in [0.25, 0.3) is 0 Å². The molecule has 0 radical (unpaired) electrons. The molecule has 1 aromatic carbocycles. The molecule has 0 bridgehead atoms. The maximum absolute atomic E-state index is 11.4. The summed E-state index contributed by atoms with van der Waals surface area (Å²) in [5, 5.41) is 8.37. The molecule has 0 aliphatic heterocycles. The first-order valence-electron chi connectivity index (χ1n) is 3.51. The number of rotatable bonds is 2. The highest BCUT2D eigenvalue weighted by Crippen LogP contribution is 2.24. The molecule has 66 valence electrons. The Morgan fingerprint density at radius 1 is 1.62 bits per heavy atom. The molecule has 0 aliphatic carbocycles. The Morgan fingerprint density at radius 2 is 2.31 bits per heavy atom. The zero-order chi connectivity index (χ0) is 9.84. The van der Waals surface area contributed by atoms with Crippen molar-refractivity contribution >= 4 is 44.3 Å². The van der Waals surface area contributed by atoms with E-state index in [9.17, 15) is 4.79 Å². The van der Waals surface area contributed by atoms with E-state index in [0.717, 1.165) is 8.04 Å². The lowest BCUT2D eigenvalue weighted by atomic mass is 10.1. The Labute approximate surface area is 98.2 Å². The van der Waals surface area contributed by atoms with Gasteiger partial charge in [0.15, 0.2) is 5.78 Å². The van der Waals surface area contributed by atoms with Gasteiger partial charge in [-0.15, -0.1) is 0 Å². The third-order valence-electron chi connectivity index (χ3n) is 1.49. The fraction of sp³-hybridized carbons (Fsp3) is 0.111. The van der Waals surface area contributed by atoms with Crippen LogP contribution in [0.5, 0.6) is 0 Å². The topological polar surface area (TPSA) is 40.9 Å². The van der Waals surface area contributed by atoms with Gasteiger partial charge in [0.05, 0.1) is 12.5 Å². The van der Waals surface area contributed by atoms with Crippen LogP contribution in [-0.4, -0.2) is 5.78 Å². The van der Waals surface area contributed by atoms with Crippen LogP contribution >= 0.6 is 38.5 Å². The Balaban J connectivity index is 3.09. The van der Waals surface area contributed by atoms with Crippen LogP contribution in [0, 0.1) is 14.9 Å². The summed E-state index contributed by atoms with van der Waals surface area (Å²) in [6.45, 7) is 0. The number of hydrogen-bond donors (Lipinski definition) is 0. The molecule has 2 nitrogen and oxygen atoms in total. The van der Waals surface area contributed by atoms with E-state index < -0.39 is 0 Å². The van der Waals surface area contributed by atoms with Gasteiger partial charge in [-0.1, -0.05) is 12.1 Å². The first-order chi connectivity index (χ1) is 6.16. The molecule has 4 heteroatoms. The second-order valence-corrected chi connectivity index (χ2v) is 4.31. The van der Waals surface area contributed by atoms with E-state index in [0.29, 0.717) is 5.56 Å². The monoisotopic (exact) mass is 349 g/mol. The second kappa shape index (κ2) is 4.72. The number of nitriles is 1. The summed E-state index contributed by atoms with van der Waals surface area (Å²) < 4.78 is 1.75. The summed E-state index contributed by atoms with van der Waals surface area (Å²) in [7, 11) is 0. The molecule has 1 aromatic rings. The molecule has 0 atom stereocenters. The quantitative estimate of drug-likeness (QED) is 0.608. The lowest BCUT2D eigenvalue weighted by molar-refractivity contribution is 0.0997. The molecule has 0 aromatic heterocycles. The standard InChI is InChI=1S/C9H5BrINO/c10-9-6(8(13)4-5-12)2-1-3-7(9)11/h1-3H,4H2. The molecule has 0 saturated carbocycles. The number of halogens is 2. The fourth-order valence-electron chi connectivity index (χ4n) is 0.886. The van der Waals surface area contributed by atoms with E-state index in [4.69, 9.17) is 5.26 Å². The largest absolute Gasteiger partial charge is 0.293 e. The van der Waals surface area contributed by atoms with E-state index in [1.54, 1.807) is 12.1 Å². The number of carbonyl (C=O) groups excluding carboxylic acids is 1. The van der Waals surface area contributed by atoms with Crippen LogP contribution in [0.1, 0.15) is 16.8 Å². The molecule has 0 spiro atoms. The number of ketones is 1. The molecule has 0 N–H and O–H groups in total. The molecule has 0 saturated heterocycles. The third kappa shape index (κ3) is 2.51. The van der Waals surface area contributed by atoms with Gasteiger partial charge in [-0.05, 0) is 44.6 Å². The molecule has 13 heavy (non-hydrogen) atoms. The maximum atomic E-state index is 11.4. The van der Waals surface area contributed by atoms with Gasteiger partial charge >= 0.3 is 0 Å². The van der Waals surface area contributed by atoms with Crippen molar-refractivity contribution < 1.29 is 4.79 Å². The van der Waals surface area contributed by atoms with Crippen molar-refractivity contribution in [2.24, 2.45) is 0 Å². The van der Waals surface area contributed by atoms with Crippen LogP contribution in [0.15, 0.2) is 22.7 Å². The molecule has 0 fully saturated rings. The zero-order valence-electron chi connectivity index (χ0n) is 6.55. The Morgan fingerprint density at radius 3 is 2.92 bits per heavy atom. The fourth-order valence-corrected chi connectivity index (χ4v) is 1.87. The lowest BCUT2D eigenvalue weighted by Crippen LogP contribution is -1.99. The molecular weight excluding hydrogens is 345 g/mol. The first-order valence-corrected chi connectivity index (χ1v) is 5.38. The van der Waals surface area contributed by atoms with Crippen LogP contribution in [0.3, 0.4) is 0 Å². The highest BCUT2D eigenvalue weighted by Gasteiger charge is 2.10. The summed E-state index contributed by atoms with van der Waals surface area (Å²) in [4.78, 5) is 11.4. The number of Topliss-reactive ketones (excluding diaryl/α,β-unsaturated/α-hetero) is 1. The summed E-state index contributed by atoms with van der Waals surface area (Å²) in [5.74, 6) is -0.145. The van der Waals surface area contributed by atoms with Crippen molar-refractivity contribution in [1.29, 1.82) is 5.26 Å². The van der Waals surface area contributed by atoms with Crippen molar-refractivity contribution in [3.05, 3.63) is 31.8 Å². The van der Waals surface area contributed by atoms with E-state index in [1.165, 1.54) is 0 Å². The number of hydrogen-bond acceptors (Lipinski definition) is 2. The van der Waals surface area contributed by atoms with Gasteiger partial charge in [-0.3, -0.25) is 4.79 Å². The molecule has 1 rings (SSSR count). The van der Waals surface area contributed by atoms with Crippen molar-refractivity contribution in [3.63, 3.8) is 0 Å². The molecule has 0 heterocycles. The molecule has 0 unspecified atom stereocenters. The van der Waals surface area contributed by atoms with Gasteiger partial charge in [0.1, 0.15) is 0 Å². The van der Waals surface area contributed by atoms with E-state index >= 15 is 0 Å². The summed E-state index contributed by atoms with van der Waals surface area (Å²) in [6.07, 6.45) is -0.0707. The highest BCUT2D eigenvalue weighted by atomic mass is 127. The Bertz CT molecular complexity index is 384. The van der Waals surface area contributed by atoms with Gasteiger partial charge in [0.2, 0.25) is 0 Å². The minimum absolute atomic E-state index is 0.0707. The first kappa shape index (κ1) is 10.7. The summed E-state index contributed by atoms with van der Waals surface area (Å²) in [6, 6.07) is 7.25. The predicted octanol–water partition coefficient (Wildman–Crippen LogP) is 3.15. The van der Waals surface area contributed by atoms with Gasteiger partial charge in [-0.2, -0.15) is 5.26 Å². The van der Waals surface area contributed by atoms with E-state index in [-0.39, 0.29) is 12.2 Å². The van der Waals surface area contributed by atoms with Gasteiger partial charge < -0.3 is 0 Å². The van der Waals surface area contributed by atoms with Crippen LogP contribution in [0.2, 0.25) is 0 Å². The second-order valence-electron chi connectivity index (χ2n) is 2.36.